The number of hydrogen-bond acceptors (Lipinski definition) is 4. The van der Waals surface area contributed by atoms with E-state index < -0.39 is 20.7 Å². The molecule has 0 heterocycles. The van der Waals surface area contributed by atoms with E-state index in [1.807, 2.05) is 0 Å². The molecule has 5 nitrogen and oxygen atoms in total. The fourth-order valence-corrected chi connectivity index (χ4v) is 2.86. The van der Waals surface area contributed by atoms with Gasteiger partial charge in [-0.1, -0.05) is 12.1 Å². The van der Waals surface area contributed by atoms with Gasteiger partial charge in [-0.25, -0.2) is 12.8 Å². The smallest absolute Gasteiger partial charge is 0.264 e. The lowest BCUT2D eigenvalue weighted by atomic mass is 10.3. The van der Waals surface area contributed by atoms with Crippen LogP contribution in [0.25, 0.3) is 0 Å². The maximum absolute atomic E-state index is 13.6. The van der Waals surface area contributed by atoms with Crippen LogP contribution in [0.4, 0.5) is 10.1 Å². The van der Waals surface area contributed by atoms with Gasteiger partial charge in [-0.05, 0) is 12.1 Å². The fraction of sp³-hybridized carbons (Fsp3) is 0.143. The van der Waals surface area contributed by atoms with Crippen molar-refractivity contribution in [3.8, 4) is 11.5 Å². The van der Waals surface area contributed by atoms with Crippen LogP contribution in [0.15, 0.2) is 47.4 Å². The van der Waals surface area contributed by atoms with Gasteiger partial charge in [0.25, 0.3) is 10.0 Å². The molecule has 0 saturated carbocycles. The van der Waals surface area contributed by atoms with Gasteiger partial charge in [-0.2, -0.15) is 0 Å². The van der Waals surface area contributed by atoms with Crippen LogP contribution >= 0.6 is 0 Å². The first-order valence-corrected chi connectivity index (χ1v) is 7.45. The van der Waals surface area contributed by atoms with E-state index in [9.17, 15) is 12.8 Å². The second-order valence-electron chi connectivity index (χ2n) is 4.14. The molecule has 1 N–H and O–H groups in total. The summed E-state index contributed by atoms with van der Waals surface area (Å²) >= 11 is 0. The molecule has 0 fully saturated rings. The average Bonchev–Trinajstić information content (AvgIpc) is 2.46. The zero-order valence-corrected chi connectivity index (χ0v) is 12.3. The van der Waals surface area contributed by atoms with E-state index in [-0.39, 0.29) is 5.69 Å². The molecule has 21 heavy (non-hydrogen) atoms. The molecule has 2 aromatic carbocycles. The number of benzene rings is 2. The number of methoxy groups -OCH3 is 2. The highest BCUT2D eigenvalue weighted by atomic mass is 32.2. The summed E-state index contributed by atoms with van der Waals surface area (Å²) in [6.45, 7) is 0. The van der Waals surface area contributed by atoms with E-state index in [2.05, 4.69) is 4.72 Å². The number of rotatable bonds is 5. The number of anilines is 1. The summed E-state index contributed by atoms with van der Waals surface area (Å²) < 4.78 is 50.4. The van der Waals surface area contributed by atoms with Gasteiger partial charge in [0.15, 0.2) is 0 Å². The lowest BCUT2D eigenvalue weighted by Gasteiger charge is -2.11. The summed E-state index contributed by atoms with van der Waals surface area (Å²) in [6, 6.07) is 9.69. The molecule has 0 saturated heterocycles. The highest BCUT2D eigenvalue weighted by Gasteiger charge is 2.19. The third kappa shape index (κ3) is 3.43. The number of sulfonamides is 1. The monoisotopic (exact) mass is 311 g/mol. The maximum atomic E-state index is 13.6. The largest absolute Gasteiger partial charge is 0.497 e. The molecule has 0 spiro atoms. The second-order valence-corrected chi connectivity index (χ2v) is 5.79. The van der Waals surface area contributed by atoms with Crippen molar-refractivity contribution in [3.05, 3.63) is 48.3 Å². The van der Waals surface area contributed by atoms with Crippen LogP contribution in [-0.2, 0) is 10.0 Å². The lowest BCUT2D eigenvalue weighted by Crippen LogP contribution is -2.14. The zero-order chi connectivity index (χ0) is 15.5. The van der Waals surface area contributed by atoms with Crippen molar-refractivity contribution in [2.75, 3.05) is 18.9 Å². The molecule has 0 bridgehead atoms. The first-order chi connectivity index (χ1) is 9.96. The second kappa shape index (κ2) is 6.01. The molecule has 0 aliphatic heterocycles. The van der Waals surface area contributed by atoms with Crippen molar-refractivity contribution in [1.29, 1.82) is 0 Å². The van der Waals surface area contributed by atoms with Crippen LogP contribution in [0.3, 0.4) is 0 Å². The summed E-state index contributed by atoms with van der Waals surface area (Å²) in [5.74, 6) is 0.0148. The van der Waals surface area contributed by atoms with Crippen LogP contribution in [0, 0.1) is 5.82 Å². The van der Waals surface area contributed by atoms with Crippen molar-refractivity contribution < 1.29 is 22.3 Å². The van der Waals surface area contributed by atoms with Crippen molar-refractivity contribution in [2.45, 2.75) is 4.90 Å². The van der Waals surface area contributed by atoms with Gasteiger partial charge in [-0.15, -0.1) is 0 Å². The highest BCUT2D eigenvalue weighted by Crippen LogP contribution is 2.27. The minimum Gasteiger partial charge on any atom is -0.497 e. The summed E-state index contributed by atoms with van der Waals surface area (Å²) in [5.41, 5.74) is 0.217. The van der Waals surface area contributed by atoms with Gasteiger partial charge < -0.3 is 9.47 Å². The van der Waals surface area contributed by atoms with Crippen LogP contribution in [0.2, 0.25) is 0 Å². The van der Waals surface area contributed by atoms with E-state index in [1.165, 1.54) is 44.6 Å². The fourth-order valence-electron chi connectivity index (χ4n) is 1.74. The number of nitrogens with one attached hydrogen (secondary N) is 1. The summed E-state index contributed by atoms with van der Waals surface area (Å²) in [4.78, 5) is -0.424. The maximum Gasteiger partial charge on any atom is 0.264 e. The summed E-state index contributed by atoms with van der Waals surface area (Å²) in [5, 5.41) is 0. The molecular weight excluding hydrogens is 297 g/mol. The highest BCUT2D eigenvalue weighted by molar-refractivity contribution is 7.92. The predicted molar refractivity (Wildman–Crippen MR) is 76.8 cm³/mol. The first kappa shape index (κ1) is 15.1. The SMILES string of the molecule is COc1cc(NS(=O)(=O)c2ccccc2F)cc(OC)c1. The molecule has 0 amide bonds. The summed E-state index contributed by atoms with van der Waals surface area (Å²) in [7, 11) is -1.13. The Morgan fingerprint density at radius 1 is 1.00 bits per heavy atom. The topological polar surface area (TPSA) is 64.6 Å². The molecule has 0 unspecified atom stereocenters. The van der Waals surface area contributed by atoms with Crippen molar-refractivity contribution >= 4 is 15.7 Å². The molecule has 0 aliphatic carbocycles. The summed E-state index contributed by atoms with van der Waals surface area (Å²) in [6.07, 6.45) is 0. The Hall–Kier alpha value is -2.28. The van der Waals surface area contributed by atoms with E-state index in [0.29, 0.717) is 11.5 Å². The van der Waals surface area contributed by atoms with Crippen molar-refractivity contribution in [3.63, 3.8) is 0 Å². The minimum atomic E-state index is -4.03. The Bertz CT molecular complexity index is 724. The molecule has 2 aromatic rings. The van der Waals surface area contributed by atoms with Crippen molar-refractivity contribution in [2.24, 2.45) is 0 Å². The molecule has 0 aromatic heterocycles. The van der Waals surface area contributed by atoms with Gasteiger partial charge in [0.05, 0.1) is 19.9 Å². The lowest BCUT2D eigenvalue weighted by molar-refractivity contribution is 0.395. The van der Waals surface area contributed by atoms with Crippen LogP contribution in [0.1, 0.15) is 0 Å². The minimum absolute atomic E-state index is 0.217. The van der Waals surface area contributed by atoms with Crippen LogP contribution in [-0.4, -0.2) is 22.6 Å². The quantitative estimate of drug-likeness (QED) is 0.922. The van der Waals surface area contributed by atoms with Crippen LogP contribution < -0.4 is 14.2 Å². The van der Waals surface area contributed by atoms with E-state index in [0.717, 1.165) is 6.07 Å². The van der Waals surface area contributed by atoms with Crippen molar-refractivity contribution in [1.82, 2.24) is 0 Å². The molecule has 7 heteroatoms. The third-order valence-electron chi connectivity index (χ3n) is 2.73. The predicted octanol–water partition coefficient (Wildman–Crippen LogP) is 2.64. The third-order valence-corrected chi connectivity index (χ3v) is 4.14. The first-order valence-electron chi connectivity index (χ1n) is 5.96. The number of ether oxygens (including phenoxy) is 2. The number of halogens is 1. The Kier molecular flexibility index (Phi) is 4.32. The molecule has 112 valence electrons. The molecule has 0 atom stereocenters. The Labute approximate surface area is 122 Å². The van der Waals surface area contributed by atoms with Crippen LogP contribution in [0.5, 0.6) is 11.5 Å². The van der Waals surface area contributed by atoms with Gasteiger partial charge in [0.2, 0.25) is 0 Å². The Balaban J connectivity index is 2.39. The van der Waals surface area contributed by atoms with Gasteiger partial charge >= 0.3 is 0 Å². The van der Waals surface area contributed by atoms with Gasteiger partial charge in [-0.3, -0.25) is 4.72 Å². The standard InChI is InChI=1S/C14H14FNO4S/c1-19-11-7-10(8-12(9-11)20-2)16-21(17,18)14-6-4-3-5-13(14)15/h3-9,16H,1-2H3. The molecule has 0 radical (unpaired) electrons. The Morgan fingerprint density at radius 2 is 1.57 bits per heavy atom. The normalized spacial score (nSPS) is 11.0. The van der Waals surface area contributed by atoms with E-state index in [4.69, 9.17) is 9.47 Å². The van der Waals surface area contributed by atoms with Gasteiger partial charge in [0, 0.05) is 18.2 Å². The van der Waals surface area contributed by atoms with E-state index >= 15 is 0 Å². The number of hydrogen-bond donors (Lipinski definition) is 1. The zero-order valence-electron chi connectivity index (χ0n) is 11.5. The molecule has 2 rings (SSSR count). The average molecular weight is 311 g/mol. The molecular formula is C14H14FNO4S. The molecule has 0 aliphatic rings. The van der Waals surface area contributed by atoms with Gasteiger partial charge in [0.1, 0.15) is 22.2 Å². The van der Waals surface area contributed by atoms with E-state index in [1.54, 1.807) is 6.07 Å². The Morgan fingerprint density at radius 3 is 2.10 bits per heavy atom.